The van der Waals surface area contributed by atoms with Gasteiger partial charge in [-0.05, 0) is 42.7 Å². The second-order valence-electron chi connectivity index (χ2n) is 10.8. The lowest BCUT2D eigenvalue weighted by Gasteiger charge is -2.25. The lowest BCUT2D eigenvalue weighted by molar-refractivity contribution is -0.138. The van der Waals surface area contributed by atoms with Crippen molar-refractivity contribution in [2.75, 3.05) is 18.9 Å². The third-order valence-electron chi connectivity index (χ3n) is 5.98. The van der Waals surface area contributed by atoms with Crippen molar-refractivity contribution in [3.8, 4) is 0 Å². The molecule has 11 nitrogen and oxygen atoms in total. The van der Waals surface area contributed by atoms with Gasteiger partial charge in [-0.15, -0.1) is 0 Å². The number of hydrogen-bond donors (Lipinski definition) is 6. The van der Waals surface area contributed by atoms with E-state index in [0.717, 1.165) is 6.07 Å². The van der Waals surface area contributed by atoms with Gasteiger partial charge in [0, 0.05) is 18.7 Å². The van der Waals surface area contributed by atoms with Gasteiger partial charge in [0.1, 0.15) is 18.1 Å². The topological polar surface area (TPSA) is 163 Å². The molecule has 0 heterocycles. The lowest BCUT2D eigenvalue weighted by Crippen LogP contribution is -2.57. The van der Waals surface area contributed by atoms with Gasteiger partial charge in [0.25, 0.3) is 0 Å². The molecule has 5 N–H and O–H groups in total. The maximum atomic E-state index is 13.2. The fourth-order valence-corrected chi connectivity index (χ4v) is 4.12. The summed E-state index contributed by atoms with van der Waals surface area (Å²) in [7, 11) is 0. The molecule has 0 radical (unpaired) electrons. The maximum absolute atomic E-state index is 13.2. The number of halogens is 3. The first kappa shape index (κ1) is 37.5. The fraction of sp³-hybridized carbons (Fsp3) is 0.607. The molecule has 0 aliphatic carbocycles. The summed E-state index contributed by atoms with van der Waals surface area (Å²) in [6.45, 7) is 7.13. The van der Waals surface area contributed by atoms with Crippen LogP contribution in [-0.2, 0) is 36.5 Å². The van der Waals surface area contributed by atoms with E-state index in [1.54, 1.807) is 13.8 Å². The predicted octanol–water partition coefficient (Wildman–Crippen LogP) is 2.93. The summed E-state index contributed by atoms with van der Waals surface area (Å²) >= 11 is 4.11. The van der Waals surface area contributed by atoms with Crippen LogP contribution in [0, 0.1) is 11.8 Å². The van der Waals surface area contributed by atoms with Gasteiger partial charge in [0.05, 0.1) is 12.2 Å². The van der Waals surface area contributed by atoms with Gasteiger partial charge in [-0.3, -0.25) is 19.2 Å². The van der Waals surface area contributed by atoms with Gasteiger partial charge in [0.2, 0.25) is 17.7 Å². The first-order valence-corrected chi connectivity index (χ1v) is 14.5. The highest BCUT2D eigenvalue weighted by Gasteiger charge is 2.33. The van der Waals surface area contributed by atoms with E-state index in [1.165, 1.54) is 18.2 Å². The number of carbonyl (C=O) groups is 5. The van der Waals surface area contributed by atoms with E-state index >= 15 is 0 Å². The Morgan fingerprint density at radius 1 is 0.884 bits per heavy atom. The van der Waals surface area contributed by atoms with Gasteiger partial charge in [-0.25, -0.2) is 4.79 Å². The Balaban J connectivity index is 2.91. The van der Waals surface area contributed by atoms with Crippen molar-refractivity contribution in [3.63, 3.8) is 0 Å². The molecule has 0 aromatic heterocycles. The number of carboxylic acid groups (broad SMARTS) is 1. The highest BCUT2D eigenvalue weighted by Crippen LogP contribution is 2.31. The summed E-state index contributed by atoms with van der Waals surface area (Å²) in [5.74, 6) is -3.67. The standard InChI is InChI=1S/C28H41F3N4O7S/c1-16(2)13-21(33-25(39)20(9-10-23(36)37)35-27(41)42-14-17(3)4)26(40)34-22(15-43)24(38)32-12-11-18-7-5-6-8-19(18)28(29,30)31/h5-8,16-17,20-22,43H,9-15H2,1-4H3,(H,32,38)(H,33,39)(H,34,40)(H,35,41)(H,36,37)/t20-,21-,22-/m0/s1. The third-order valence-corrected chi connectivity index (χ3v) is 6.34. The van der Waals surface area contributed by atoms with E-state index in [0.29, 0.717) is 0 Å². The number of thiol groups is 1. The summed E-state index contributed by atoms with van der Waals surface area (Å²) in [4.78, 5) is 62.2. The van der Waals surface area contributed by atoms with Crippen LogP contribution in [0.15, 0.2) is 24.3 Å². The zero-order valence-corrected chi connectivity index (χ0v) is 25.5. The minimum Gasteiger partial charge on any atom is -0.481 e. The van der Waals surface area contributed by atoms with Gasteiger partial charge < -0.3 is 31.1 Å². The van der Waals surface area contributed by atoms with E-state index in [1.807, 2.05) is 13.8 Å². The van der Waals surface area contributed by atoms with E-state index in [2.05, 4.69) is 33.9 Å². The number of benzene rings is 1. The highest BCUT2D eigenvalue weighted by molar-refractivity contribution is 7.80. The molecule has 1 rings (SSSR count). The zero-order valence-electron chi connectivity index (χ0n) is 24.6. The van der Waals surface area contributed by atoms with Crippen molar-refractivity contribution in [1.82, 2.24) is 21.3 Å². The van der Waals surface area contributed by atoms with Crippen LogP contribution in [0.4, 0.5) is 18.0 Å². The Morgan fingerprint density at radius 2 is 1.49 bits per heavy atom. The van der Waals surface area contributed by atoms with Gasteiger partial charge in [-0.1, -0.05) is 45.9 Å². The third kappa shape index (κ3) is 14.5. The Hall–Kier alpha value is -3.49. The summed E-state index contributed by atoms with van der Waals surface area (Å²) in [6.07, 6.45) is -6.16. The van der Waals surface area contributed by atoms with Crippen LogP contribution < -0.4 is 21.3 Å². The number of hydrogen-bond acceptors (Lipinski definition) is 7. The molecule has 15 heteroatoms. The van der Waals surface area contributed by atoms with Gasteiger partial charge in [-0.2, -0.15) is 25.8 Å². The molecule has 4 amide bonds. The summed E-state index contributed by atoms with van der Waals surface area (Å²) in [6, 6.07) is 1.34. The van der Waals surface area contributed by atoms with Crippen molar-refractivity contribution < 1.29 is 47.0 Å². The minimum atomic E-state index is -4.55. The Kier molecular flexibility index (Phi) is 15.9. The molecule has 1 aromatic rings. The van der Waals surface area contributed by atoms with Crippen LogP contribution in [0.2, 0.25) is 0 Å². The molecule has 43 heavy (non-hydrogen) atoms. The smallest absolute Gasteiger partial charge is 0.416 e. The molecular weight excluding hydrogens is 593 g/mol. The average Bonchev–Trinajstić information content (AvgIpc) is 2.91. The van der Waals surface area contributed by atoms with Crippen molar-refractivity contribution in [2.24, 2.45) is 11.8 Å². The molecule has 242 valence electrons. The van der Waals surface area contributed by atoms with Crippen molar-refractivity contribution in [2.45, 2.75) is 77.7 Å². The van der Waals surface area contributed by atoms with Gasteiger partial charge >= 0.3 is 18.2 Å². The molecule has 0 saturated heterocycles. The SMILES string of the molecule is CC(C)COC(=O)N[C@@H](CCC(=O)O)C(=O)N[C@@H](CC(C)C)C(=O)N[C@@H](CS)C(=O)NCCc1ccccc1C(F)(F)F. The quantitative estimate of drug-likeness (QED) is 0.144. The van der Waals surface area contributed by atoms with Crippen LogP contribution >= 0.6 is 12.6 Å². The average molecular weight is 635 g/mol. The first-order chi connectivity index (χ1) is 20.0. The molecule has 0 fully saturated rings. The Morgan fingerprint density at radius 3 is 2.05 bits per heavy atom. The van der Waals surface area contributed by atoms with Crippen molar-refractivity contribution in [1.29, 1.82) is 0 Å². The van der Waals surface area contributed by atoms with E-state index < -0.39 is 66.1 Å². The number of alkyl halides is 3. The molecule has 0 spiro atoms. The number of nitrogens with one attached hydrogen (secondary N) is 4. The molecular formula is C28H41F3N4O7S. The molecule has 0 bridgehead atoms. The second kappa shape index (κ2) is 18.2. The minimum absolute atomic E-state index is 0.000572. The van der Waals surface area contributed by atoms with E-state index in [4.69, 9.17) is 9.84 Å². The van der Waals surface area contributed by atoms with Crippen molar-refractivity contribution >= 4 is 42.4 Å². The van der Waals surface area contributed by atoms with Crippen LogP contribution in [-0.4, -0.2) is 71.9 Å². The number of alkyl carbamates (subject to hydrolysis) is 1. The normalized spacial score (nSPS) is 13.5. The number of carbonyl (C=O) groups excluding carboxylic acids is 4. The number of amides is 4. The second-order valence-corrected chi connectivity index (χ2v) is 11.1. The molecule has 3 atom stereocenters. The number of carboxylic acids is 1. The van der Waals surface area contributed by atoms with Gasteiger partial charge in [0.15, 0.2) is 0 Å². The lowest BCUT2D eigenvalue weighted by atomic mass is 10.0. The first-order valence-electron chi connectivity index (χ1n) is 13.8. The molecule has 1 aromatic carbocycles. The van der Waals surface area contributed by atoms with Crippen LogP contribution in [0.3, 0.4) is 0 Å². The molecule has 0 aliphatic rings. The zero-order chi connectivity index (χ0) is 32.7. The van der Waals surface area contributed by atoms with E-state index in [-0.39, 0.29) is 55.6 Å². The molecule has 0 aliphatic heterocycles. The maximum Gasteiger partial charge on any atom is 0.416 e. The summed E-state index contributed by atoms with van der Waals surface area (Å²) in [5, 5.41) is 18.9. The molecule has 0 saturated carbocycles. The molecule has 0 unspecified atom stereocenters. The largest absolute Gasteiger partial charge is 0.481 e. The Bertz CT molecular complexity index is 1100. The Labute approximate surface area is 254 Å². The van der Waals surface area contributed by atoms with Crippen LogP contribution in [0.25, 0.3) is 0 Å². The predicted molar refractivity (Wildman–Crippen MR) is 155 cm³/mol. The highest BCUT2D eigenvalue weighted by atomic mass is 32.1. The van der Waals surface area contributed by atoms with Crippen molar-refractivity contribution in [3.05, 3.63) is 35.4 Å². The summed E-state index contributed by atoms with van der Waals surface area (Å²) in [5.41, 5.74) is -0.805. The fourth-order valence-electron chi connectivity index (χ4n) is 3.86. The van der Waals surface area contributed by atoms with Crippen LogP contribution in [0.5, 0.6) is 0 Å². The number of aliphatic carboxylic acids is 1. The summed E-state index contributed by atoms with van der Waals surface area (Å²) < 4.78 is 44.7. The van der Waals surface area contributed by atoms with E-state index in [9.17, 15) is 37.1 Å². The number of rotatable bonds is 17. The number of ether oxygens (including phenoxy) is 1. The van der Waals surface area contributed by atoms with Crippen LogP contribution in [0.1, 0.15) is 58.1 Å². The monoisotopic (exact) mass is 634 g/mol.